The van der Waals surface area contributed by atoms with Crippen LogP contribution in [0.2, 0.25) is 0 Å². The summed E-state index contributed by atoms with van der Waals surface area (Å²) in [6, 6.07) is 17.0. The maximum atomic E-state index is 15.5. The van der Waals surface area contributed by atoms with Crippen molar-refractivity contribution in [1.29, 1.82) is 0 Å². The van der Waals surface area contributed by atoms with E-state index >= 15 is 4.39 Å². The van der Waals surface area contributed by atoms with Gasteiger partial charge in [0.05, 0.1) is 17.7 Å². The predicted molar refractivity (Wildman–Crippen MR) is 177 cm³/mol. The van der Waals surface area contributed by atoms with Gasteiger partial charge in [-0.1, -0.05) is 25.1 Å². The number of rotatable bonds is 13. The Morgan fingerprint density at radius 1 is 0.935 bits per heavy atom. The van der Waals surface area contributed by atoms with Crippen LogP contribution in [0.4, 0.5) is 16.0 Å². The zero-order valence-corrected chi connectivity index (χ0v) is 26.6. The Kier molecular flexibility index (Phi) is 10.0. The highest BCUT2D eigenvalue weighted by Crippen LogP contribution is 2.37. The zero-order valence-electron chi connectivity index (χ0n) is 26.6. The summed E-state index contributed by atoms with van der Waals surface area (Å²) in [4.78, 5) is 21.9. The lowest BCUT2D eigenvalue weighted by molar-refractivity contribution is 0.132. The van der Waals surface area contributed by atoms with Crippen molar-refractivity contribution in [2.24, 2.45) is 0 Å². The Morgan fingerprint density at radius 2 is 1.74 bits per heavy atom. The highest BCUT2D eigenvalue weighted by Gasteiger charge is 2.20. The first-order valence-electron chi connectivity index (χ1n) is 15.7. The average molecular weight is 626 g/mol. The fourth-order valence-electron chi connectivity index (χ4n) is 5.56. The van der Waals surface area contributed by atoms with Gasteiger partial charge in [-0.3, -0.25) is 9.88 Å². The molecular formula is C35H40FN7O3. The molecule has 0 unspecified atom stereocenters. The Morgan fingerprint density at radius 3 is 2.48 bits per heavy atom. The number of nitrogens with zero attached hydrogens (tertiary/aromatic N) is 5. The number of aryl methyl sites for hydroxylation is 1. The third-order valence-electron chi connectivity index (χ3n) is 8.28. The van der Waals surface area contributed by atoms with Crippen LogP contribution in [-0.4, -0.2) is 82.8 Å². The van der Waals surface area contributed by atoms with E-state index in [0.717, 1.165) is 56.2 Å². The summed E-state index contributed by atoms with van der Waals surface area (Å²) in [5, 5.41) is 3.88. The van der Waals surface area contributed by atoms with Gasteiger partial charge in [0.25, 0.3) is 0 Å². The molecule has 0 aliphatic carbocycles. The maximum absolute atomic E-state index is 15.5. The van der Waals surface area contributed by atoms with Crippen molar-refractivity contribution >= 4 is 22.7 Å². The number of hydrogen-bond acceptors (Lipinski definition) is 9. The average Bonchev–Trinajstić information content (AvgIpc) is 3.50. The Labute approximate surface area is 268 Å². The van der Waals surface area contributed by atoms with Crippen LogP contribution in [-0.2, 0) is 17.9 Å². The van der Waals surface area contributed by atoms with Crippen LogP contribution in [0.5, 0.6) is 11.6 Å². The minimum Gasteiger partial charge on any atom is -0.487 e. The second kappa shape index (κ2) is 14.7. The van der Waals surface area contributed by atoms with E-state index in [0.29, 0.717) is 46.3 Å². The Hall–Kier alpha value is -4.58. The lowest BCUT2D eigenvalue weighted by Gasteiger charge is -2.34. The van der Waals surface area contributed by atoms with Crippen LogP contribution >= 0.6 is 0 Å². The summed E-state index contributed by atoms with van der Waals surface area (Å²) >= 11 is 0. The molecule has 46 heavy (non-hydrogen) atoms. The molecule has 0 amide bonds. The van der Waals surface area contributed by atoms with Crippen LogP contribution in [0, 0.1) is 12.7 Å². The van der Waals surface area contributed by atoms with E-state index in [2.05, 4.69) is 49.1 Å². The Bertz CT molecular complexity index is 1750. The molecular weight excluding hydrogens is 585 g/mol. The van der Waals surface area contributed by atoms with E-state index in [1.54, 1.807) is 31.6 Å². The van der Waals surface area contributed by atoms with Gasteiger partial charge in [0, 0.05) is 75.1 Å². The third-order valence-corrected chi connectivity index (χ3v) is 8.28. The number of benzene rings is 2. The number of methoxy groups -OCH3 is 1. The van der Waals surface area contributed by atoms with Gasteiger partial charge in [-0.05, 0) is 54.9 Å². The number of hydrogen-bond donors (Lipinski definition) is 2. The molecule has 2 N–H and O–H groups in total. The van der Waals surface area contributed by atoms with E-state index in [1.165, 1.54) is 11.6 Å². The zero-order chi connectivity index (χ0) is 31.9. The van der Waals surface area contributed by atoms with E-state index in [-0.39, 0.29) is 13.2 Å². The molecule has 0 saturated carbocycles. The molecule has 0 bridgehead atoms. The smallest absolute Gasteiger partial charge is 0.232 e. The fourth-order valence-corrected chi connectivity index (χ4v) is 5.56. The molecule has 0 atom stereocenters. The third kappa shape index (κ3) is 7.44. The maximum Gasteiger partial charge on any atom is 0.232 e. The summed E-state index contributed by atoms with van der Waals surface area (Å²) in [6.07, 6.45) is 3.44. The molecule has 5 aromatic rings. The number of piperazine rings is 1. The SMILES string of the molecule is CCN1CCN(Cc2ccc(Nc3nc(OCCOC)c4c(-c5ccc(OCc6ncccc6C)cc5F)c[nH]c4n3)cc2)CC1. The molecule has 1 fully saturated rings. The van der Waals surface area contributed by atoms with Crippen molar-refractivity contribution in [1.82, 2.24) is 29.7 Å². The fraction of sp³-hybridized carbons (Fsp3) is 0.343. The molecule has 3 aromatic heterocycles. The van der Waals surface area contributed by atoms with Crippen molar-refractivity contribution in [3.63, 3.8) is 0 Å². The number of ether oxygens (including phenoxy) is 3. The van der Waals surface area contributed by atoms with Crippen molar-refractivity contribution in [2.75, 3.05) is 58.4 Å². The van der Waals surface area contributed by atoms with Crippen molar-refractivity contribution in [3.8, 4) is 22.8 Å². The molecule has 0 radical (unpaired) electrons. The summed E-state index contributed by atoms with van der Waals surface area (Å²) in [5.41, 5.74) is 5.42. The van der Waals surface area contributed by atoms with E-state index < -0.39 is 5.82 Å². The molecule has 1 aliphatic heterocycles. The van der Waals surface area contributed by atoms with Gasteiger partial charge >= 0.3 is 0 Å². The van der Waals surface area contributed by atoms with Crippen LogP contribution in [0.3, 0.4) is 0 Å². The molecule has 1 saturated heterocycles. The van der Waals surface area contributed by atoms with Gasteiger partial charge in [-0.25, -0.2) is 4.39 Å². The number of H-pyrrole nitrogens is 1. The second-order valence-electron chi connectivity index (χ2n) is 11.3. The lowest BCUT2D eigenvalue weighted by atomic mass is 10.1. The lowest BCUT2D eigenvalue weighted by Crippen LogP contribution is -2.45. The highest BCUT2D eigenvalue weighted by atomic mass is 19.1. The van der Waals surface area contributed by atoms with Gasteiger partial charge in [0.15, 0.2) is 0 Å². The molecule has 4 heterocycles. The van der Waals surface area contributed by atoms with E-state index in [1.807, 2.05) is 31.2 Å². The van der Waals surface area contributed by atoms with Gasteiger partial charge in [0.1, 0.15) is 30.4 Å². The topological polar surface area (TPSA) is 101 Å². The predicted octanol–water partition coefficient (Wildman–Crippen LogP) is 5.95. The first-order chi connectivity index (χ1) is 22.5. The van der Waals surface area contributed by atoms with Gasteiger partial charge < -0.3 is 29.4 Å². The molecule has 0 spiro atoms. The van der Waals surface area contributed by atoms with Crippen LogP contribution in [0.25, 0.3) is 22.2 Å². The second-order valence-corrected chi connectivity index (χ2v) is 11.3. The van der Waals surface area contributed by atoms with Crippen molar-refractivity contribution < 1.29 is 18.6 Å². The normalized spacial score (nSPS) is 14.1. The number of aromatic nitrogens is 4. The summed E-state index contributed by atoms with van der Waals surface area (Å²) in [7, 11) is 1.61. The standard InChI is InChI=1S/C35H40FN7O3/c1-4-42-14-16-43(17-15-42)22-25-7-9-26(10-8-25)39-35-40-33-32(34(41-35)45-19-18-44-3)29(21-38-33)28-12-11-27(20-30(28)36)46-23-31-24(2)6-5-13-37-31/h5-13,20-21H,4,14-19,22-23H2,1-3H3,(H2,38,39,40,41). The van der Waals surface area contributed by atoms with Crippen LogP contribution < -0.4 is 14.8 Å². The monoisotopic (exact) mass is 625 g/mol. The number of fused-ring (bicyclic) bond motifs is 1. The molecule has 1 aliphatic rings. The van der Waals surface area contributed by atoms with Gasteiger partial charge in [-0.2, -0.15) is 9.97 Å². The summed E-state index contributed by atoms with van der Waals surface area (Å²) < 4.78 is 32.6. The molecule has 2 aromatic carbocycles. The van der Waals surface area contributed by atoms with E-state index in [9.17, 15) is 0 Å². The molecule has 10 nitrogen and oxygen atoms in total. The number of aromatic amines is 1. The number of nitrogens with one attached hydrogen (secondary N) is 2. The number of likely N-dealkylation sites (N-methyl/N-ethyl adjacent to an activating group) is 1. The number of halogens is 1. The minimum absolute atomic E-state index is 0.249. The minimum atomic E-state index is -0.437. The summed E-state index contributed by atoms with van der Waals surface area (Å²) in [5.74, 6) is 0.670. The van der Waals surface area contributed by atoms with Crippen molar-refractivity contribution in [2.45, 2.75) is 27.0 Å². The van der Waals surface area contributed by atoms with Crippen LogP contribution in [0.15, 0.2) is 67.0 Å². The molecule has 11 heteroatoms. The largest absolute Gasteiger partial charge is 0.487 e. The highest BCUT2D eigenvalue weighted by molar-refractivity contribution is 5.98. The Balaban J connectivity index is 1.20. The quantitative estimate of drug-likeness (QED) is 0.154. The van der Waals surface area contributed by atoms with E-state index in [4.69, 9.17) is 19.2 Å². The number of pyridine rings is 1. The van der Waals surface area contributed by atoms with Crippen molar-refractivity contribution in [3.05, 3.63) is 89.6 Å². The van der Waals surface area contributed by atoms with Gasteiger partial charge in [0.2, 0.25) is 11.8 Å². The first-order valence-corrected chi connectivity index (χ1v) is 15.7. The summed E-state index contributed by atoms with van der Waals surface area (Å²) in [6.45, 7) is 11.5. The van der Waals surface area contributed by atoms with Gasteiger partial charge in [-0.15, -0.1) is 0 Å². The molecule has 240 valence electrons. The number of anilines is 2. The van der Waals surface area contributed by atoms with Crippen LogP contribution in [0.1, 0.15) is 23.7 Å². The first kappa shape index (κ1) is 31.4. The molecule has 6 rings (SSSR count).